The molecule has 1 aliphatic heterocycles. The van der Waals surface area contributed by atoms with Crippen LogP contribution in [0.15, 0.2) is 54.7 Å². The third-order valence-corrected chi connectivity index (χ3v) is 6.68. The van der Waals surface area contributed by atoms with Crippen LogP contribution in [0.4, 0.5) is 0 Å². The summed E-state index contributed by atoms with van der Waals surface area (Å²) in [6.45, 7) is 4.16. The summed E-state index contributed by atoms with van der Waals surface area (Å²) in [5.41, 5.74) is 2.91. The predicted octanol–water partition coefficient (Wildman–Crippen LogP) is 3.05. The monoisotopic (exact) mass is 543 g/mol. The first-order chi connectivity index (χ1) is 18.5. The lowest BCUT2D eigenvalue weighted by Gasteiger charge is -2.13. The molecule has 2 aromatic carbocycles. The average Bonchev–Trinajstić information content (AvgIpc) is 2.91. The molecule has 0 spiro atoms. The van der Waals surface area contributed by atoms with Gasteiger partial charge in [-0.1, -0.05) is 30.4 Å². The first-order valence-corrected chi connectivity index (χ1v) is 14.2. The Morgan fingerprint density at radius 2 is 1.45 bits per heavy atom. The highest BCUT2D eigenvalue weighted by molar-refractivity contribution is 7.85. The molecule has 0 atom stereocenters. The van der Waals surface area contributed by atoms with E-state index < -0.39 is 10.1 Å². The molecule has 204 valence electrons. The molecule has 4 rings (SSSR count). The number of para-hydroxylation sites is 1. The number of hydrogen-bond donors (Lipinski definition) is 0. The van der Waals surface area contributed by atoms with Crippen molar-refractivity contribution in [2.24, 2.45) is 0 Å². The molecule has 0 bridgehead atoms. The maximum atomic E-state index is 11.0. The van der Waals surface area contributed by atoms with E-state index in [0.717, 1.165) is 22.0 Å². The number of rotatable bonds is 6. The fourth-order valence-corrected chi connectivity index (χ4v) is 4.55. The lowest BCUT2D eigenvalue weighted by Crippen LogP contribution is -2.35. The quantitative estimate of drug-likeness (QED) is 0.345. The lowest BCUT2D eigenvalue weighted by molar-refractivity contribution is -0.671. The molecule has 0 amide bonds. The van der Waals surface area contributed by atoms with Crippen molar-refractivity contribution < 1.29 is 41.2 Å². The molecule has 0 N–H and O–H groups in total. The van der Waals surface area contributed by atoms with E-state index in [1.165, 1.54) is 0 Å². The van der Waals surface area contributed by atoms with Crippen LogP contribution in [-0.4, -0.2) is 71.6 Å². The van der Waals surface area contributed by atoms with Crippen LogP contribution in [0.5, 0.6) is 11.5 Å². The van der Waals surface area contributed by atoms with Gasteiger partial charge in [0, 0.05) is 24.3 Å². The van der Waals surface area contributed by atoms with Gasteiger partial charge in [0.2, 0.25) is 5.52 Å². The molecule has 0 unspecified atom stereocenters. The zero-order valence-corrected chi connectivity index (χ0v) is 22.1. The highest BCUT2D eigenvalue weighted by atomic mass is 32.2. The van der Waals surface area contributed by atoms with Crippen molar-refractivity contribution in [1.29, 1.82) is 0 Å². The topological polar surface area (TPSA) is 107 Å². The highest BCUT2D eigenvalue weighted by Crippen LogP contribution is 2.29. The van der Waals surface area contributed by atoms with Crippen LogP contribution in [0.2, 0.25) is 0 Å². The molecule has 0 radical (unpaired) electrons. The molecule has 3 aromatic rings. The molecule has 2 heterocycles. The zero-order valence-electron chi connectivity index (χ0n) is 21.3. The summed E-state index contributed by atoms with van der Waals surface area (Å²) in [5, 5.41) is 1.02. The Morgan fingerprint density at radius 3 is 2.16 bits per heavy atom. The van der Waals surface area contributed by atoms with Crippen molar-refractivity contribution in [1.82, 2.24) is 0 Å². The van der Waals surface area contributed by atoms with Crippen LogP contribution in [0.3, 0.4) is 0 Å². The second kappa shape index (κ2) is 14.2. The molecule has 0 fully saturated rings. The number of ether oxygens (including phenoxy) is 5. The summed E-state index contributed by atoms with van der Waals surface area (Å²) < 4.78 is 63.3. The number of benzene rings is 2. The van der Waals surface area contributed by atoms with Crippen LogP contribution in [0, 0.1) is 0 Å². The Bertz CT molecular complexity index is 1330. The Morgan fingerprint density at radius 1 is 0.789 bits per heavy atom. The van der Waals surface area contributed by atoms with E-state index in [-0.39, 0.29) is 12.2 Å². The lowest BCUT2D eigenvalue weighted by atomic mass is 10.1. The van der Waals surface area contributed by atoms with Gasteiger partial charge in [-0.05, 0) is 29.3 Å². The molecule has 0 saturated carbocycles. The van der Waals surface area contributed by atoms with Crippen molar-refractivity contribution >= 4 is 33.2 Å². The van der Waals surface area contributed by atoms with E-state index >= 15 is 0 Å². The van der Waals surface area contributed by atoms with Gasteiger partial charge in [0.25, 0.3) is 0 Å². The number of aromatic nitrogens is 1. The first-order valence-electron chi connectivity index (χ1n) is 12.7. The van der Waals surface area contributed by atoms with E-state index in [2.05, 4.69) is 0 Å². The van der Waals surface area contributed by atoms with Crippen LogP contribution < -0.4 is 14.0 Å². The van der Waals surface area contributed by atoms with Gasteiger partial charge in [0.1, 0.15) is 19.8 Å². The fraction of sp³-hybridized carbons (Fsp3) is 0.393. The Kier molecular flexibility index (Phi) is 10.5. The second-order valence-corrected chi connectivity index (χ2v) is 10.2. The molecule has 1 aliphatic rings. The fourth-order valence-electron chi connectivity index (χ4n) is 4.07. The van der Waals surface area contributed by atoms with Crippen LogP contribution in [-0.2, 0) is 30.9 Å². The van der Waals surface area contributed by atoms with Gasteiger partial charge in [0.05, 0.1) is 55.1 Å². The van der Waals surface area contributed by atoms with Crippen LogP contribution >= 0.6 is 0 Å². The number of hydrogen-bond acceptors (Lipinski definition) is 8. The van der Waals surface area contributed by atoms with Crippen molar-refractivity contribution in [3.8, 4) is 11.5 Å². The summed E-state index contributed by atoms with van der Waals surface area (Å²) in [7, 11) is -4.23. The summed E-state index contributed by atoms with van der Waals surface area (Å²) in [6, 6.07) is 15.7. The number of fused-ring (bicyclic) bond motifs is 2. The van der Waals surface area contributed by atoms with Gasteiger partial charge in [0.15, 0.2) is 17.7 Å². The zero-order chi connectivity index (χ0) is 26.6. The normalized spacial score (nSPS) is 16.2. The average molecular weight is 544 g/mol. The van der Waals surface area contributed by atoms with Gasteiger partial charge in [-0.15, -0.1) is 0 Å². The van der Waals surface area contributed by atoms with E-state index in [9.17, 15) is 13.0 Å². The van der Waals surface area contributed by atoms with E-state index in [4.69, 9.17) is 23.7 Å². The standard InChI is InChI=1S/C28H33NO8S/c30-38(31,32)21-3-11-29-12-10-24(25-4-1-2-5-26(25)29)8-6-23-7-9-27-28(22-23)37-20-18-35-16-14-33-13-15-34-17-19-36-27/h1-2,4-10,12,22H,3,11,13-21H2/b8-6+. The van der Waals surface area contributed by atoms with Gasteiger partial charge < -0.3 is 28.2 Å². The molecule has 1 aromatic heterocycles. The van der Waals surface area contributed by atoms with Crippen molar-refractivity contribution in [2.45, 2.75) is 13.0 Å². The minimum atomic E-state index is -4.23. The SMILES string of the molecule is O=S(=O)([O-])CCC[n+]1ccc(/C=C/c2ccc3c(c2)OCCOCCOCCOCCO3)c2ccccc21. The smallest absolute Gasteiger partial charge is 0.213 e. The highest BCUT2D eigenvalue weighted by Gasteiger charge is 2.12. The van der Waals surface area contributed by atoms with Crippen molar-refractivity contribution in [3.63, 3.8) is 0 Å². The van der Waals surface area contributed by atoms with E-state index in [0.29, 0.717) is 70.9 Å². The summed E-state index contributed by atoms with van der Waals surface area (Å²) in [5.74, 6) is 0.891. The molecular weight excluding hydrogens is 510 g/mol. The van der Waals surface area contributed by atoms with Gasteiger partial charge in [-0.25, -0.2) is 8.42 Å². The first kappa shape index (κ1) is 28.0. The molecular formula is C28H33NO8S. The maximum absolute atomic E-state index is 11.0. The van der Waals surface area contributed by atoms with Crippen molar-refractivity contribution in [2.75, 3.05) is 58.6 Å². The molecule has 0 saturated heterocycles. The third-order valence-electron chi connectivity index (χ3n) is 5.89. The Hall–Kier alpha value is -3.02. The number of nitrogens with zero attached hydrogens (tertiary/aromatic N) is 1. The summed E-state index contributed by atoms with van der Waals surface area (Å²) >= 11 is 0. The largest absolute Gasteiger partial charge is 0.748 e. The summed E-state index contributed by atoms with van der Waals surface area (Å²) in [6.07, 6.45) is 6.21. The second-order valence-electron chi connectivity index (χ2n) is 8.67. The van der Waals surface area contributed by atoms with Crippen molar-refractivity contribution in [3.05, 3.63) is 65.9 Å². The minimum absolute atomic E-state index is 0.262. The minimum Gasteiger partial charge on any atom is -0.748 e. The predicted molar refractivity (Wildman–Crippen MR) is 142 cm³/mol. The Balaban J connectivity index is 1.50. The number of pyridine rings is 1. The third kappa shape index (κ3) is 8.78. The summed E-state index contributed by atoms with van der Waals surface area (Å²) in [4.78, 5) is 0. The van der Waals surface area contributed by atoms with E-state index in [1.807, 2.05) is 71.4 Å². The van der Waals surface area contributed by atoms with Crippen LogP contribution in [0.25, 0.3) is 23.1 Å². The number of aryl methyl sites for hydroxylation is 1. The molecule has 9 nitrogen and oxygen atoms in total. The molecule has 10 heteroatoms. The van der Waals surface area contributed by atoms with Crippen LogP contribution in [0.1, 0.15) is 17.5 Å². The Labute approximate surface area is 223 Å². The van der Waals surface area contributed by atoms with Gasteiger partial charge >= 0.3 is 0 Å². The van der Waals surface area contributed by atoms with Gasteiger partial charge in [-0.2, -0.15) is 4.57 Å². The molecule has 0 aliphatic carbocycles. The van der Waals surface area contributed by atoms with E-state index in [1.54, 1.807) is 0 Å². The molecule has 38 heavy (non-hydrogen) atoms. The van der Waals surface area contributed by atoms with Gasteiger partial charge in [-0.3, -0.25) is 0 Å². The maximum Gasteiger partial charge on any atom is 0.213 e.